The molecule has 3 rings (SSSR count). The molecule has 6 nitrogen and oxygen atoms in total. The van der Waals surface area contributed by atoms with Crippen molar-refractivity contribution in [1.82, 2.24) is 9.97 Å². The summed E-state index contributed by atoms with van der Waals surface area (Å²) in [6.07, 6.45) is 2.66. The van der Waals surface area contributed by atoms with Crippen LogP contribution in [-0.2, 0) is 18.6 Å². The van der Waals surface area contributed by atoms with Crippen molar-refractivity contribution >= 4 is 17.7 Å². The molecule has 0 bridgehead atoms. The Balaban J connectivity index is 1.74. The summed E-state index contributed by atoms with van der Waals surface area (Å²) in [6, 6.07) is 3.04. The molecule has 1 aliphatic rings. The SMILES string of the molecule is CC1CCc2nc(SCc3ccc(C(=O)O)o3)[nH]c(=O)c2C1. The highest BCUT2D eigenvalue weighted by Crippen LogP contribution is 2.25. The number of furan rings is 1. The Hall–Kier alpha value is -2.02. The van der Waals surface area contributed by atoms with Crippen molar-refractivity contribution in [2.75, 3.05) is 0 Å². The Bertz CT molecular complexity index is 765. The van der Waals surface area contributed by atoms with Crippen LogP contribution in [0.15, 0.2) is 26.5 Å². The summed E-state index contributed by atoms with van der Waals surface area (Å²) in [6.45, 7) is 2.14. The van der Waals surface area contributed by atoms with Crippen LogP contribution >= 0.6 is 11.8 Å². The molecule has 1 unspecified atom stereocenters. The molecule has 0 fully saturated rings. The van der Waals surface area contributed by atoms with Crippen molar-refractivity contribution in [2.24, 2.45) is 5.92 Å². The van der Waals surface area contributed by atoms with E-state index in [9.17, 15) is 9.59 Å². The molecule has 0 radical (unpaired) electrons. The third-order valence-electron chi connectivity index (χ3n) is 3.73. The van der Waals surface area contributed by atoms with Gasteiger partial charge >= 0.3 is 5.97 Å². The average Bonchev–Trinajstić information content (AvgIpc) is 2.95. The first kappa shape index (κ1) is 14.9. The van der Waals surface area contributed by atoms with Crippen LogP contribution in [0.1, 0.15) is 40.9 Å². The Morgan fingerprint density at radius 1 is 1.55 bits per heavy atom. The van der Waals surface area contributed by atoms with Crippen LogP contribution in [0.4, 0.5) is 0 Å². The summed E-state index contributed by atoms with van der Waals surface area (Å²) in [5.74, 6) is 0.302. The van der Waals surface area contributed by atoms with Gasteiger partial charge in [0.25, 0.3) is 5.56 Å². The quantitative estimate of drug-likeness (QED) is 0.663. The van der Waals surface area contributed by atoms with Gasteiger partial charge in [-0.05, 0) is 37.3 Å². The number of carbonyl (C=O) groups is 1. The highest BCUT2D eigenvalue weighted by Gasteiger charge is 2.20. The van der Waals surface area contributed by atoms with Gasteiger partial charge in [-0.3, -0.25) is 4.79 Å². The van der Waals surface area contributed by atoms with Gasteiger partial charge in [-0.15, -0.1) is 0 Å². The van der Waals surface area contributed by atoms with E-state index in [1.165, 1.54) is 17.8 Å². The first-order valence-electron chi connectivity index (χ1n) is 7.10. The average molecular weight is 320 g/mol. The van der Waals surface area contributed by atoms with E-state index in [4.69, 9.17) is 9.52 Å². The van der Waals surface area contributed by atoms with Crippen LogP contribution in [0.3, 0.4) is 0 Å². The summed E-state index contributed by atoms with van der Waals surface area (Å²) < 4.78 is 5.18. The summed E-state index contributed by atoms with van der Waals surface area (Å²) in [7, 11) is 0. The number of hydrogen-bond donors (Lipinski definition) is 2. The van der Waals surface area contributed by atoms with Crippen molar-refractivity contribution in [2.45, 2.75) is 37.1 Å². The minimum absolute atomic E-state index is 0.0651. The molecule has 0 spiro atoms. The normalized spacial score (nSPS) is 17.2. The van der Waals surface area contributed by atoms with Crippen LogP contribution < -0.4 is 5.56 Å². The number of aromatic carboxylic acids is 1. The number of hydrogen-bond acceptors (Lipinski definition) is 5. The highest BCUT2D eigenvalue weighted by atomic mass is 32.2. The standard InChI is InChI=1S/C15H16N2O4S/c1-8-2-4-11-10(6-8)13(18)17-15(16-11)22-7-9-3-5-12(21-9)14(19)20/h3,5,8H,2,4,6-7H2,1H3,(H,19,20)(H,16,17,18). The Kier molecular flexibility index (Phi) is 4.06. The molecule has 22 heavy (non-hydrogen) atoms. The molecule has 2 aromatic rings. The maximum atomic E-state index is 12.1. The summed E-state index contributed by atoms with van der Waals surface area (Å²) >= 11 is 1.33. The highest BCUT2D eigenvalue weighted by molar-refractivity contribution is 7.98. The maximum absolute atomic E-state index is 12.1. The van der Waals surface area contributed by atoms with Crippen LogP contribution in [0.2, 0.25) is 0 Å². The van der Waals surface area contributed by atoms with E-state index in [1.54, 1.807) is 6.07 Å². The number of aromatic amines is 1. The summed E-state index contributed by atoms with van der Waals surface area (Å²) in [4.78, 5) is 30.2. The first-order chi connectivity index (χ1) is 10.5. The van der Waals surface area contributed by atoms with Crippen molar-refractivity contribution in [3.05, 3.63) is 45.3 Å². The molecule has 0 saturated carbocycles. The number of thioether (sulfide) groups is 1. The van der Waals surface area contributed by atoms with Gasteiger partial charge in [-0.25, -0.2) is 9.78 Å². The van der Waals surface area contributed by atoms with Crippen molar-refractivity contribution in [3.8, 4) is 0 Å². The number of nitrogens with one attached hydrogen (secondary N) is 1. The number of H-pyrrole nitrogens is 1. The Morgan fingerprint density at radius 2 is 2.36 bits per heavy atom. The fourth-order valence-corrected chi connectivity index (χ4v) is 3.32. The van der Waals surface area contributed by atoms with E-state index in [2.05, 4.69) is 16.9 Å². The molecule has 7 heteroatoms. The van der Waals surface area contributed by atoms with Gasteiger partial charge in [0.15, 0.2) is 5.16 Å². The molecule has 1 atom stereocenters. The lowest BCUT2D eigenvalue weighted by Crippen LogP contribution is -2.24. The third kappa shape index (κ3) is 3.09. The smallest absolute Gasteiger partial charge is 0.371 e. The lowest BCUT2D eigenvalue weighted by molar-refractivity contribution is 0.0661. The third-order valence-corrected chi connectivity index (χ3v) is 4.63. The molecule has 2 heterocycles. The van der Waals surface area contributed by atoms with E-state index in [-0.39, 0.29) is 11.3 Å². The lowest BCUT2D eigenvalue weighted by atomic mass is 9.89. The van der Waals surface area contributed by atoms with Crippen LogP contribution in [-0.4, -0.2) is 21.0 Å². The molecule has 1 aliphatic carbocycles. The zero-order chi connectivity index (χ0) is 15.7. The molecular formula is C15H16N2O4S. The van der Waals surface area contributed by atoms with E-state index in [0.717, 1.165) is 30.5 Å². The number of nitrogens with zero attached hydrogens (tertiary/aromatic N) is 1. The van der Waals surface area contributed by atoms with E-state index >= 15 is 0 Å². The molecule has 0 amide bonds. The number of aryl methyl sites for hydroxylation is 1. The monoisotopic (exact) mass is 320 g/mol. The number of carboxylic acid groups (broad SMARTS) is 1. The van der Waals surface area contributed by atoms with Gasteiger partial charge in [0.1, 0.15) is 5.76 Å². The second-order valence-electron chi connectivity index (χ2n) is 5.50. The van der Waals surface area contributed by atoms with Crippen LogP contribution in [0.5, 0.6) is 0 Å². The largest absolute Gasteiger partial charge is 0.475 e. The summed E-state index contributed by atoms with van der Waals surface area (Å²) in [5, 5.41) is 9.36. The first-order valence-corrected chi connectivity index (χ1v) is 8.08. The van der Waals surface area contributed by atoms with Crippen LogP contribution in [0.25, 0.3) is 0 Å². The molecule has 116 valence electrons. The second-order valence-corrected chi connectivity index (χ2v) is 6.47. The molecule has 0 aromatic carbocycles. The number of rotatable bonds is 4. The summed E-state index contributed by atoms with van der Waals surface area (Å²) in [5.41, 5.74) is 1.62. The molecule has 2 aromatic heterocycles. The Labute approximate surface area is 131 Å². The number of carboxylic acids is 1. The van der Waals surface area contributed by atoms with Crippen molar-refractivity contribution < 1.29 is 14.3 Å². The van der Waals surface area contributed by atoms with E-state index < -0.39 is 5.97 Å². The predicted molar refractivity (Wildman–Crippen MR) is 81.3 cm³/mol. The molecule has 0 saturated heterocycles. The van der Waals surface area contributed by atoms with E-state index in [1.807, 2.05) is 0 Å². The van der Waals surface area contributed by atoms with E-state index in [0.29, 0.717) is 22.6 Å². The van der Waals surface area contributed by atoms with Gasteiger partial charge in [0.05, 0.1) is 11.4 Å². The molecule has 2 N–H and O–H groups in total. The molecular weight excluding hydrogens is 304 g/mol. The van der Waals surface area contributed by atoms with Crippen LogP contribution in [0, 0.1) is 5.92 Å². The van der Waals surface area contributed by atoms with Crippen molar-refractivity contribution in [3.63, 3.8) is 0 Å². The van der Waals surface area contributed by atoms with Gasteiger partial charge in [0, 0.05) is 5.56 Å². The predicted octanol–water partition coefficient (Wildman–Crippen LogP) is 2.48. The van der Waals surface area contributed by atoms with Gasteiger partial charge in [-0.1, -0.05) is 18.7 Å². The second kappa shape index (κ2) is 6.00. The lowest BCUT2D eigenvalue weighted by Gasteiger charge is -2.19. The fourth-order valence-electron chi connectivity index (χ4n) is 2.55. The molecule has 0 aliphatic heterocycles. The minimum Gasteiger partial charge on any atom is -0.475 e. The van der Waals surface area contributed by atoms with Gasteiger partial charge in [-0.2, -0.15) is 0 Å². The minimum atomic E-state index is -1.09. The topological polar surface area (TPSA) is 96.2 Å². The van der Waals surface area contributed by atoms with Gasteiger partial charge in [0.2, 0.25) is 5.76 Å². The number of fused-ring (bicyclic) bond motifs is 1. The number of aromatic nitrogens is 2. The van der Waals surface area contributed by atoms with Crippen molar-refractivity contribution in [1.29, 1.82) is 0 Å². The Morgan fingerprint density at radius 3 is 3.09 bits per heavy atom. The zero-order valence-corrected chi connectivity index (χ0v) is 12.9. The maximum Gasteiger partial charge on any atom is 0.371 e. The van der Waals surface area contributed by atoms with Gasteiger partial charge < -0.3 is 14.5 Å². The zero-order valence-electron chi connectivity index (χ0n) is 12.1. The fraction of sp³-hybridized carbons (Fsp3) is 0.400.